The molecule has 1 fully saturated rings. The van der Waals surface area contributed by atoms with Crippen molar-refractivity contribution in [2.75, 3.05) is 46.4 Å². The van der Waals surface area contributed by atoms with Gasteiger partial charge in [-0.25, -0.2) is 9.59 Å². The molecule has 152 valence electrons. The molecule has 1 saturated heterocycles. The predicted octanol–water partition coefficient (Wildman–Crippen LogP) is 0.753. The van der Waals surface area contributed by atoms with Crippen molar-refractivity contribution in [2.24, 2.45) is 0 Å². The normalized spacial score (nSPS) is 24.4. The Balaban J connectivity index is 1.43. The van der Waals surface area contributed by atoms with Gasteiger partial charge in [0, 0.05) is 51.4 Å². The minimum atomic E-state index is -0.638. The van der Waals surface area contributed by atoms with Crippen molar-refractivity contribution in [1.82, 2.24) is 19.6 Å². The zero-order valence-electron chi connectivity index (χ0n) is 16.1. The molecule has 4 rings (SSSR count). The van der Waals surface area contributed by atoms with Gasteiger partial charge in [-0.15, -0.1) is 5.10 Å². The highest BCUT2D eigenvalue weighted by atomic mass is 16.6. The second-order valence-corrected chi connectivity index (χ2v) is 7.41. The molecule has 0 amide bonds. The number of carbonyl (C=O) groups is 2. The fraction of sp³-hybridized carbons (Fsp3) is 0.632. The van der Waals surface area contributed by atoms with Crippen LogP contribution in [0.25, 0.3) is 0 Å². The van der Waals surface area contributed by atoms with Gasteiger partial charge in [-0.2, -0.15) is 0 Å². The Morgan fingerprint density at radius 3 is 2.75 bits per heavy atom. The van der Waals surface area contributed by atoms with Crippen molar-refractivity contribution in [3.63, 3.8) is 0 Å². The van der Waals surface area contributed by atoms with E-state index in [1.54, 1.807) is 4.68 Å². The lowest BCUT2D eigenvalue weighted by molar-refractivity contribution is -0.144. The van der Waals surface area contributed by atoms with Crippen LogP contribution in [0.2, 0.25) is 0 Å². The predicted molar refractivity (Wildman–Crippen MR) is 99.1 cm³/mol. The molecule has 1 aromatic rings. The van der Waals surface area contributed by atoms with E-state index in [0.717, 1.165) is 57.7 Å². The van der Waals surface area contributed by atoms with Crippen LogP contribution >= 0.6 is 0 Å². The molecule has 0 radical (unpaired) electrons. The molecule has 1 unspecified atom stereocenters. The Bertz CT molecular complexity index is 767. The summed E-state index contributed by atoms with van der Waals surface area (Å²) < 4.78 is 18.5. The van der Waals surface area contributed by atoms with Crippen molar-refractivity contribution in [3.05, 3.63) is 17.8 Å². The lowest BCUT2D eigenvalue weighted by atomic mass is 10.1. The van der Waals surface area contributed by atoms with Crippen molar-refractivity contribution in [3.8, 4) is 11.6 Å². The zero-order valence-corrected chi connectivity index (χ0v) is 16.1. The molecule has 3 aliphatic heterocycles. The molecule has 0 bridgehead atoms. The van der Waals surface area contributed by atoms with Crippen LogP contribution in [0, 0.1) is 0 Å². The number of carbonyl (C=O) groups excluding carboxylic acids is 2. The van der Waals surface area contributed by atoms with Gasteiger partial charge in [0.15, 0.2) is 0 Å². The molecule has 1 atom stereocenters. The van der Waals surface area contributed by atoms with E-state index in [1.165, 1.54) is 0 Å². The van der Waals surface area contributed by atoms with Crippen molar-refractivity contribution in [2.45, 2.75) is 31.9 Å². The topological polar surface area (TPSA) is 86.1 Å². The average Bonchev–Trinajstić information content (AvgIpc) is 3.05. The van der Waals surface area contributed by atoms with Gasteiger partial charge in [-0.05, 0) is 26.3 Å². The summed E-state index contributed by atoms with van der Waals surface area (Å²) in [5.41, 5.74) is 0.603. The van der Waals surface area contributed by atoms with Crippen LogP contribution in [0.5, 0.6) is 11.6 Å². The van der Waals surface area contributed by atoms with E-state index < -0.39 is 18.0 Å². The van der Waals surface area contributed by atoms with E-state index in [9.17, 15) is 9.59 Å². The quantitative estimate of drug-likeness (QED) is 0.538. The van der Waals surface area contributed by atoms with Crippen molar-refractivity contribution >= 4 is 11.9 Å². The molecule has 3 aliphatic rings. The second kappa shape index (κ2) is 8.32. The summed E-state index contributed by atoms with van der Waals surface area (Å²) in [5, 5.41) is 4.46. The van der Waals surface area contributed by atoms with Crippen LogP contribution in [0.4, 0.5) is 0 Å². The van der Waals surface area contributed by atoms with Crippen LogP contribution < -0.4 is 9.47 Å². The van der Waals surface area contributed by atoms with Gasteiger partial charge >= 0.3 is 11.9 Å². The molecule has 0 saturated carbocycles. The van der Waals surface area contributed by atoms with Gasteiger partial charge in [0.1, 0.15) is 11.8 Å². The number of aryl methyl sites for hydroxylation is 1. The summed E-state index contributed by atoms with van der Waals surface area (Å²) >= 11 is 0. The molecular weight excluding hydrogens is 364 g/mol. The standard InChI is InChI=1S/C19H26N4O5/c1-21-9-11-22(12-10-21)7-3-13-26-19-18-17-14(4-2-8-23(17)20-19)27-15(24)5-6-16(25)28-18/h5-6,14H,2-4,7-13H2,1H3/b6-5-. The SMILES string of the molecule is CN1CCN(CCCOc2nn3c4c2OC(=O)/C=C\C(=O)OC4CCC3)CC1. The average molecular weight is 390 g/mol. The zero-order chi connectivity index (χ0) is 19.5. The first-order valence-electron chi connectivity index (χ1n) is 9.85. The van der Waals surface area contributed by atoms with Crippen LogP contribution in [-0.4, -0.2) is 77.9 Å². The third-order valence-electron chi connectivity index (χ3n) is 5.33. The lowest BCUT2D eigenvalue weighted by Crippen LogP contribution is -2.44. The van der Waals surface area contributed by atoms with E-state index in [-0.39, 0.29) is 5.75 Å². The summed E-state index contributed by atoms with van der Waals surface area (Å²) in [6.45, 7) is 6.42. The van der Waals surface area contributed by atoms with E-state index in [4.69, 9.17) is 14.2 Å². The summed E-state index contributed by atoms with van der Waals surface area (Å²) in [4.78, 5) is 28.6. The Kier molecular flexibility index (Phi) is 5.63. The minimum Gasteiger partial charge on any atom is -0.474 e. The third kappa shape index (κ3) is 4.20. The third-order valence-corrected chi connectivity index (χ3v) is 5.33. The number of esters is 2. The number of hydrogen-bond donors (Lipinski definition) is 0. The summed E-state index contributed by atoms with van der Waals surface area (Å²) in [6.07, 6.45) is 4.03. The highest BCUT2D eigenvalue weighted by molar-refractivity contribution is 5.93. The number of rotatable bonds is 5. The maximum absolute atomic E-state index is 12.0. The van der Waals surface area contributed by atoms with Gasteiger partial charge in [0.05, 0.1) is 6.61 Å². The number of ether oxygens (including phenoxy) is 3. The van der Waals surface area contributed by atoms with Gasteiger partial charge in [-0.3, -0.25) is 4.68 Å². The molecule has 9 heteroatoms. The number of hydrogen-bond acceptors (Lipinski definition) is 8. The smallest absolute Gasteiger partial charge is 0.336 e. The Hall–Kier alpha value is -2.39. The minimum absolute atomic E-state index is 0.272. The van der Waals surface area contributed by atoms with Crippen LogP contribution in [0.3, 0.4) is 0 Å². The number of piperazine rings is 1. The molecule has 0 N–H and O–H groups in total. The van der Waals surface area contributed by atoms with E-state index in [1.807, 2.05) is 0 Å². The Morgan fingerprint density at radius 2 is 1.93 bits per heavy atom. The molecule has 1 aromatic heterocycles. The van der Waals surface area contributed by atoms with Crippen LogP contribution in [0.15, 0.2) is 12.2 Å². The monoisotopic (exact) mass is 390 g/mol. The summed E-state index contributed by atoms with van der Waals surface area (Å²) in [7, 11) is 2.14. The van der Waals surface area contributed by atoms with Crippen LogP contribution in [0.1, 0.15) is 31.1 Å². The van der Waals surface area contributed by atoms with Gasteiger partial charge in [0.2, 0.25) is 5.75 Å². The molecule has 0 aliphatic carbocycles. The number of nitrogens with zero attached hydrogens (tertiary/aromatic N) is 4. The first kappa shape index (κ1) is 18.9. The maximum Gasteiger partial charge on any atom is 0.336 e. The lowest BCUT2D eigenvalue weighted by Gasteiger charge is -2.32. The fourth-order valence-electron chi connectivity index (χ4n) is 3.77. The van der Waals surface area contributed by atoms with Gasteiger partial charge < -0.3 is 24.0 Å². The van der Waals surface area contributed by atoms with E-state index >= 15 is 0 Å². The summed E-state index contributed by atoms with van der Waals surface area (Å²) in [5.74, 6) is -0.631. The highest BCUT2D eigenvalue weighted by Gasteiger charge is 2.34. The fourth-order valence-corrected chi connectivity index (χ4v) is 3.77. The van der Waals surface area contributed by atoms with E-state index in [0.29, 0.717) is 31.1 Å². The number of likely N-dealkylation sites (N-methyl/N-ethyl adjacent to an activating group) is 1. The Labute approximate surface area is 163 Å². The van der Waals surface area contributed by atoms with Crippen molar-refractivity contribution in [1.29, 1.82) is 0 Å². The highest BCUT2D eigenvalue weighted by Crippen LogP contribution is 2.41. The molecular formula is C19H26N4O5. The van der Waals surface area contributed by atoms with Gasteiger partial charge in [0.25, 0.3) is 5.88 Å². The van der Waals surface area contributed by atoms with E-state index in [2.05, 4.69) is 21.9 Å². The first-order valence-corrected chi connectivity index (χ1v) is 9.85. The Morgan fingerprint density at radius 1 is 1.14 bits per heavy atom. The molecule has 0 spiro atoms. The second-order valence-electron chi connectivity index (χ2n) is 7.41. The maximum atomic E-state index is 12.0. The molecule has 28 heavy (non-hydrogen) atoms. The molecule has 0 aromatic carbocycles. The largest absolute Gasteiger partial charge is 0.474 e. The first-order chi connectivity index (χ1) is 13.6. The van der Waals surface area contributed by atoms with Gasteiger partial charge in [-0.1, -0.05) is 0 Å². The molecule has 4 heterocycles. The summed E-state index contributed by atoms with van der Waals surface area (Å²) in [6, 6.07) is 0. The van der Waals surface area contributed by atoms with Crippen LogP contribution in [-0.2, 0) is 20.9 Å². The molecule has 9 nitrogen and oxygen atoms in total. The number of aromatic nitrogens is 2. The van der Waals surface area contributed by atoms with Crippen molar-refractivity contribution < 1.29 is 23.8 Å².